The number of anilines is 1. The molecule has 2 amide bonds. The van der Waals surface area contributed by atoms with Crippen LogP contribution in [-0.4, -0.2) is 45.7 Å². The van der Waals surface area contributed by atoms with Gasteiger partial charge < -0.3 is 14.2 Å². The Morgan fingerprint density at radius 1 is 1.03 bits per heavy atom. The van der Waals surface area contributed by atoms with Gasteiger partial charge in [0, 0.05) is 0 Å². The molecule has 0 aromatic carbocycles. The van der Waals surface area contributed by atoms with Crippen LogP contribution >= 0.6 is 0 Å². The number of rotatable bonds is 4. The average Bonchev–Trinajstić information content (AvgIpc) is 2.86. The van der Waals surface area contributed by atoms with Gasteiger partial charge in [0.25, 0.3) is 0 Å². The number of aromatic nitrogens is 2. The fourth-order valence-electron chi connectivity index (χ4n) is 2.01. The highest BCUT2D eigenvalue weighted by Gasteiger charge is 2.45. The van der Waals surface area contributed by atoms with E-state index in [2.05, 4.69) is 9.84 Å². The molecule has 0 aliphatic heterocycles. The second-order valence-electron chi connectivity index (χ2n) is 8.10. The number of amides is 2. The van der Waals surface area contributed by atoms with Crippen LogP contribution in [0.15, 0.2) is 6.20 Å². The lowest BCUT2D eigenvalue weighted by Gasteiger charge is -2.28. The molecule has 29 heavy (non-hydrogen) atoms. The van der Waals surface area contributed by atoms with E-state index in [-0.39, 0.29) is 22.7 Å². The number of hydrogen-bond acceptors (Lipinski definition) is 7. The second-order valence-corrected chi connectivity index (χ2v) is 8.10. The van der Waals surface area contributed by atoms with Crippen molar-refractivity contribution in [1.29, 1.82) is 0 Å². The number of nitrogens with zero attached hydrogens (tertiary/aromatic N) is 3. The number of alkyl halides is 2. The van der Waals surface area contributed by atoms with Crippen LogP contribution in [0, 0.1) is 6.92 Å². The maximum Gasteiger partial charge on any atom is 0.441 e. The molecule has 0 saturated heterocycles. The van der Waals surface area contributed by atoms with Crippen LogP contribution in [-0.2, 0) is 25.1 Å². The van der Waals surface area contributed by atoms with Crippen molar-refractivity contribution in [2.75, 3.05) is 11.5 Å². The molecule has 9 nitrogen and oxygen atoms in total. The zero-order chi connectivity index (χ0) is 22.8. The van der Waals surface area contributed by atoms with E-state index >= 15 is 0 Å². The summed E-state index contributed by atoms with van der Waals surface area (Å²) >= 11 is 0. The van der Waals surface area contributed by atoms with Crippen LogP contribution in [0.4, 0.5) is 24.1 Å². The minimum absolute atomic E-state index is 0.0252. The fraction of sp³-hybridized carbons (Fsp3) is 0.667. The van der Waals surface area contributed by atoms with Gasteiger partial charge in [0.1, 0.15) is 11.2 Å². The van der Waals surface area contributed by atoms with E-state index < -0.39 is 35.4 Å². The fourth-order valence-corrected chi connectivity index (χ4v) is 2.01. The Kier molecular flexibility index (Phi) is 6.99. The number of ether oxygens (including phenoxy) is 3. The average molecular weight is 419 g/mol. The van der Waals surface area contributed by atoms with Crippen molar-refractivity contribution in [3.63, 3.8) is 0 Å². The van der Waals surface area contributed by atoms with Crippen LogP contribution in [0.2, 0.25) is 0 Å². The van der Waals surface area contributed by atoms with Crippen LogP contribution in [0.1, 0.15) is 54.2 Å². The summed E-state index contributed by atoms with van der Waals surface area (Å²) in [6, 6.07) is -4.15. The molecule has 1 aromatic rings. The molecule has 0 aliphatic carbocycles. The van der Waals surface area contributed by atoms with Gasteiger partial charge >= 0.3 is 24.2 Å². The largest absolute Gasteiger partial charge is 0.460 e. The molecule has 1 aromatic heterocycles. The minimum atomic E-state index is -4.15. The number of carbonyl (C=O) groups excluding carboxylic acids is 3. The van der Waals surface area contributed by atoms with E-state index in [0.29, 0.717) is 11.1 Å². The van der Waals surface area contributed by atoms with Gasteiger partial charge in [-0.2, -0.15) is 23.5 Å². The molecule has 0 fully saturated rings. The number of hydrogen-bond donors (Lipinski definition) is 0. The Hall–Kier alpha value is -2.72. The van der Waals surface area contributed by atoms with E-state index in [9.17, 15) is 23.2 Å². The number of aryl methyl sites for hydroxylation is 1. The molecule has 0 spiro atoms. The Morgan fingerprint density at radius 2 is 1.48 bits per heavy atom. The van der Waals surface area contributed by atoms with Crippen LogP contribution in [0.3, 0.4) is 0 Å². The number of carbonyl (C=O) groups is 3. The first-order chi connectivity index (χ1) is 13.0. The molecular formula is C18H27F2N3O6. The molecular weight excluding hydrogens is 392 g/mol. The smallest absolute Gasteiger partial charge is 0.441 e. The first kappa shape index (κ1) is 24.3. The number of esters is 1. The highest BCUT2D eigenvalue weighted by Crippen LogP contribution is 2.29. The molecule has 0 saturated carbocycles. The second kappa shape index (κ2) is 8.34. The summed E-state index contributed by atoms with van der Waals surface area (Å²) < 4.78 is 43.4. The van der Waals surface area contributed by atoms with Crippen LogP contribution < -0.4 is 4.90 Å². The zero-order valence-corrected chi connectivity index (χ0v) is 17.8. The van der Waals surface area contributed by atoms with Crippen molar-refractivity contribution < 1.29 is 37.4 Å². The molecule has 0 radical (unpaired) electrons. The molecule has 11 heteroatoms. The number of halogens is 2. The Labute approximate surface area is 167 Å². The van der Waals surface area contributed by atoms with E-state index in [0.717, 1.165) is 0 Å². The van der Waals surface area contributed by atoms with Crippen molar-refractivity contribution in [3.8, 4) is 0 Å². The van der Waals surface area contributed by atoms with Crippen molar-refractivity contribution >= 4 is 23.8 Å². The van der Waals surface area contributed by atoms with E-state index in [1.54, 1.807) is 41.5 Å². The zero-order valence-electron chi connectivity index (χ0n) is 17.8. The Morgan fingerprint density at radius 3 is 1.86 bits per heavy atom. The third-order valence-corrected chi connectivity index (χ3v) is 3.07. The first-order valence-electron chi connectivity index (χ1n) is 8.87. The Bertz CT molecular complexity index is 750. The molecule has 0 atom stereocenters. The van der Waals surface area contributed by atoms with Crippen molar-refractivity contribution in [2.24, 2.45) is 0 Å². The van der Waals surface area contributed by atoms with Gasteiger partial charge in [-0.25, -0.2) is 14.4 Å². The van der Waals surface area contributed by atoms with E-state index in [4.69, 9.17) is 9.47 Å². The molecule has 164 valence electrons. The normalized spacial score (nSPS) is 12.3. The molecule has 0 N–H and O–H groups in total. The topological polar surface area (TPSA) is 100.0 Å². The molecule has 0 bridgehead atoms. The lowest BCUT2D eigenvalue weighted by molar-refractivity contribution is -0.189. The van der Waals surface area contributed by atoms with E-state index in [1.807, 2.05) is 0 Å². The van der Waals surface area contributed by atoms with Gasteiger partial charge in [0.05, 0.1) is 24.2 Å². The summed E-state index contributed by atoms with van der Waals surface area (Å²) in [6.45, 7) is 11.8. The quantitative estimate of drug-likeness (QED) is 0.537. The minimum Gasteiger partial charge on any atom is -0.460 e. The summed E-state index contributed by atoms with van der Waals surface area (Å²) in [5, 5.41) is 3.57. The van der Waals surface area contributed by atoms with Gasteiger partial charge in [-0.05, 0) is 55.4 Å². The van der Waals surface area contributed by atoms with Crippen LogP contribution in [0.5, 0.6) is 0 Å². The number of imide groups is 1. The third-order valence-electron chi connectivity index (χ3n) is 3.07. The first-order valence-corrected chi connectivity index (χ1v) is 8.87. The van der Waals surface area contributed by atoms with Crippen molar-refractivity contribution in [3.05, 3.63) is 11.9 Å². The summed E-state index contributed by atoms with van der Waals surface area (Å²) in [5.74, 6) is -1.82. The van der Waals surface area contributed by atoms with Crippen molar-refractivity contribution in [2.45, 2.75) is 72.6 Å². The highest BCUT2D eigenvalue weighted by atomic mass is 19.3. The van der Waals surface area contributed by atoms with Gasteiger partial charge in [-0.15, -0.1) is 0 Å². The van der Waals surface area contributed by atoms with Gasteiger partial charge in [0.2, 0.25) is 0 Å². The summed E-state index contributed by atoms with van der Waals surface area (Å²) in [4.78, 5) is 37.3. The molecule has 1 rings (SSSR count). The van der Waals surface area contributed by atoms with Gasteiger partial charge in [-0.1, -0.05) is 0 Å². The highest BCUT2D eigenvalue weighted by molar-refractivity contribution is 6.09. The van der Waals surface area contributed by atoms with Crippen molar-refractivity contribution in [1.82, 2.24) is 9.78 Å². The molecule has 1 heterocycles. The van der Waals surface area contributed by atoms with Crippen LogP contribution in [0.25, 0.3) is 0 Å². The van der Waals surface area contributed by atoms with Gasteiger partial charge in [0.15, 0.2) is 0 Å². The third kappa shape index (κ3) is 6.40. The standard InChI is InChI=1S/C18H27F2N3O6/c1-9-27-13(24)18(19,20)22-10-12(11(2)21-22)23(14(25)28-16(3,4)5)15(26)29-17(6,7)8/h10H,9H2,1-8H3. The maximum absolute atomic E-state index is 14.3. The predicted molar refractivity (Wildman–Crippen MR) is 98.7 cm³/mol. The molecule has 0 aliphatic rings. The lowest BCUT2D eigenvalue weighted by atomic mass is 10.2. The monoisotopic (exact) mass is 419 g/mol. The summed E-state index contributed by atoms with van der Waals surface area (Å²) in [5.41, 5.74) is -2.41. The lowest BCUT2D eigenvalue weighted by Crippen LogP contribution is -2.44. The van der Waals surface area contributed by atoms with Gasteiger partial charge in [-0.3, -0.25) is 0 Å². The summed E-state index contributed by atoms with van der Waals surface area (Å²) in [6.07, 6.45) is -1.61. The van der Waals surface area contributed by atoms with E-state index in [1.165, 1.54) is 13.8 Å². The predicted octanol–water partition coefficient (Wildman–Crippen LogP) is 3.98. The summed E-state index contributed by atoms with van der Waals surface area (Å²) in [7, 11) is 0. The Balaban J connectivity index is 3.43. The maximum atomic E-state index is 14.3. The SMILES string of the molecule is CCOC(=O)C(F)(F)n1cc(N(C(=O)OC(C)(C)C)C(=O)OC(C)(C)C)c(C)n1. The molecule has 0 unspecified atom stereocenters.